The first kappa shape index (κ1) is 17.9. The van der Waals surface area contributed by atoms with Crippen LogP contribution in [0.1, 0.15) is 43.1 Å². The lowest BCUT2D eigenvalue weighted by Gasteiger charge is -2.49. The molecule has 7 heteroatoms. The summed E-state index contributed by atoms with van der Waals surface area (Å²) in [7, 11) is 0. The molecule has 0 saturated carbocycles. The van der Waals surface area contributed by atoms with Gasteiger partial charge in [0, 0.05) is 43.0 Å². The zero-order chi connectivity index (χ0) is 18.5. The molecule has 7 nitrogen and oxygen atoms in total. The first-order chi connectivity index (χ1) is 12.3. The lowest BCUT2D eigenvalue weighted by atomic mass is 9.76. The summed E-state index contributed by atoms with van der Waals surface area (Å²) in [6.07, 6.45) is 3.33. The molecule has 0 unspecified atom stereocenters. The summed E-state index contributed by atoms with van der Waals surface area (Å²) in [4.78, 5) is 7.05. The number of hydrogen-bond donors (Lipinski definition) is 2. The van der Waals surface area contributed by atoms with Crippen LogP contribution in [0.25, 0.3) is 5.65 Å². The predicted molar refractivity (Wildman–Crippen MR) is 96.9 cm³/mol. The van der Waals surface area contributed by atoms with Gasteiger partial charge in [0.1, 0.15) is 6.10 Å². The topological polar surface area (TPSA) is 83.1 Å². The second-order valence-electron chi connectivity index (χ2n) is 8.26. The van der Waals surface area contributed by atoms with Gasteiger partial charge >= 0.3 is 0 Å². The van der Waals surface area contributed by atoms with E-state index in [1.165, 1.54) is 0 Å². The van der Waals surface area contributed by atoms with Crippen LogP contribution >= 0.6 is 0 Å². The molecule has 4 heterocycles. The number of hydrogen-bond acceptors (Lipinski definition) is 6. The van der Waals surface area contributed by atoms with Crippen LogP contribution < -0.4 is 0 Å². The molecule has 2 aromatic rings. The van der Waals surface area contributed by atoms with E-state index in [0.29, 0.717) is 6.42 Å². The first-order valence-electron chi connectivity index (χ1n) is 9.36. The van der Waals surface area contributed by atoms with Crippen LogP contribution in [0.3, 0.4) is 0 Å². The molecule has 2 N–H and O–H groups in total. The number of aromatic nitrogens is 3. The standard InChI is InChI=1S/C19H28N4O3/c1-13-8-14(2)23-17(21-13)15(9-20-23)10-22-6-4-19(5-7-22)12-18(3,25)16(24)11-26-19/h8-9,16,24-25H,4-7,10-12H2,1-3H3/t16-,18-/m0/s1. The second-order valence-corrected chi connectivity index (χ2v) is 8.26. The van der Waals surface area contributed by atoms with Crippen molar-refractivity contribution in [2.45, 2.75) is 63.9 Å². The van der Waals surface area contributed by atoms with E-state index in [2.05, 4.69) is 15.0 Å². The molecule has 0 aromatic carbocycles. The zero-order valence-corrected chi connectivity index (χ0v) is 15.8. The molecule has 0 bridgehead atoms. The van der Waals surface area contributed by atoms with E-state index in [0.717, 1.165) is 55.1 Å². The quantitative estimate of drug-likeness (QED) is 0.838. The molecule has 1 spiro atoms. The number of rotatable bonds is 2. The van der Waals surface area contributed by atoms with Gasteiger partial charge in [-0.3, -0.25) is 4.90 Å². The van der Waals surface area contributed by atoms with E-state index >= 15 is 0 Å². The summed E-state index contributed by atoms with van der Waals surface area (Å²) < 4.78 is 7.87. The Hall–Kier alpha value is -1.54. The highest BCUT2D eigenvalue weighted by atomic mass is 16.5. The van der Waals surface area contributed by atoms with Crippen molar-refractivity contribution >= 4 is 5.65 Å². The van der Waals surface area contributed by atoms with Gasteiger partial charge in [-0.25, -0.2) is 9.50 Å². The van der Waals surface area contributed by atoms with Crippen LogP contribution in [-0.2, 0) is 11.3 Å². The number of piperidine rings is 1. The molecule has 142 valence electrons. The highest BCUT2D eigenvalue weighted by molar-refractivity contribution is 5.47. The van der Waals surface area contributed by atoms with E-state index in [4.69, 9.17) is 4.74 Å². The number of nitrogens with zero attached hydrogens (tertiary/aromatic N) is 4. The third-order valence-corrected chi connectivity index (χ3v) is 5.96. The molecule has 2 aliphatic heterocycles. The molecule has 2 atom stereocenters. The highest BCUT2D eigenvalue weighted by Gasteiger charge is 2.48. The summed E-state index contributed by atoms with van der Waals surface area (Å²) >= 11 is 0. The fourth-order valence-electron chi connectivity index (χ4n) is 4.36. The van der Waals surface area contributed by atoms with E-state index in [-0.39, 0.29) is 12.2 Å². The smallest absolute Gasteiger partial charge is 0.159 e. The van der Waals surface area contributed by atoms with Gasteiger partial charge in [0.2, 0.25) is 0 Å². The van der Waals surface area contributed by atoms with Crippen LogP contribution in [-0.4, -0.2) is 66.7 Å². The van der Waals surface area contributed by atoms with E-state index < -0.39 is 11.7 Å². The van der Waals surface area contributed by atoms with Gasteiger partial charge in [-0.15, -0.1) is 0 Å². The first-order valence-corrected chi connectivity index (χ1v) is 9.36. The fourth-order valence-corrected chi connectivity index (χ4v) is 4.36. The van der Waals surface area contributed by atoms with Gasteiger partial charge in [-0.1, -0.05) is 0 Å². The van der Waals surface area contributed by atoms with Gasteiger partial charge < -0.3 is 14.9 Å². The second kappa shape index (κ2) is 6.27. The SMILES string of the molecule is Cc1cc(C)n2ncc(CN3CCC4(CC3)C[C@](C)(O)[C@@H](O)CO4)c2n1. The van der Waals surface area contributed by atoms with Gasteiger partial charge in [0.25, 0.3) is 0 Å². The fraction of sp³-hybridized carbons (Fsp3) is 0.684. The third kappa shape index (κ3) is 3.13. The number of aryl methyl sites for hydroxylation is 2. The van der Waals surface area contributed by atoms with Crippen molar-refractivity contribution < 1.29 is 14.9 Å². The Balaban J connectivity index is 1.45. The van der Waals surface area contributed by atoms with Crippen molar-refractivity contribution in [3.05, 3.63) is 29.2 Å². The summed E-state index contributed by atoms with van der Waals surface area (Å²) in [5.41, 5.74) is 2.79. The van der Waals surface area contributed by atoms with Crippen LogP contribution in [0.4, 0.5) is 0 Å². The molecule has 0 radical (unpaired) electrons. The molecule has 0 amide bonds. The average molecular weight is 360 g/mol. The number of fused-ring (bicyclic) bond motifs is 1. The van der Waals surface area contributed by atoms with Gasteiger partial charge in [-0.05, 0) is 39.7 Å². The molecular weight excluding hydrogens is 332 g/mol. The van der Waals surface area contributed by atoms with Crippen molar-refractivity contribution in [1.82, 2.24) is 19.5 Å². The maximum atomic E-state index is 10.4. The Morgan fingerprint density at radius 3 is 2.73 bits per heavy atom. The van der Waals surface area contributed by atoms with Crippen molar-refractivity contribution in [3.63, 3.8) is 0 Å². The van der Waals surface area contributed by atoms with Crippen LogP contribution in [0, 0.1) is 13.8 Å². The number of likely N-dealkylation sites (tertiary alicyclic amines) is 1. The van der Waals surface area contributed by atoms with Crippen molar-refractivity contribution in [2.24, 2.45) is 0 Å². The number of aliphatic hydroxyl groups excluding tert-OH is 1. The molecule has 2 aromatic heterocycles. The predicted octanol–water partition coefficient (Wildman–Crippen LogP) is 1.21. The maximum absolute atomic E-state index is 10.4. The monoisotopic (exact) mass is 360 g/mol. The van der Waals surface area contributed by atoms with Crippen molar-refractivity contribution in [2.75, 3.05) is 19.7 Å². The minimum Gasteiger partial charge on any atom is -0.388 e. The van der Waals surface area contributed by atoms with Gasteiger partial charge in [0.05, 0.1) is 24.0 Å². The van der Waals surface area contributed by atoms with Gasteiger partial charge in [-0.2, -0.15) is 5.10 Å². The van der Waals surface area contributed by atoms with Crippen LogP contribution in [0.2, 0.25) is 0 Å². The molecule has 26 heavy (non-hydrogen) atoms. The van der Waals surface area contributed by atoms with Crippen LogP contribution in [0.15, 0.2) is 12.3 Å². The lowest BCUT2D eigenvalue weighted by molar-refractivity contribution is -0.223. The molecule has 4 rings (SSSR count). The van der Waals surface area contributed by atoms with E-state index in [9.17, 15) is 10.2 Å². The van der Waals surface area contributed by atoms with Gasteiger partial charge in [0.15, 0.2) is 5.65 Å². The van der Waals surface area contributed by atoms with E-state index in [1.54, 1.807) is 6.92 Å². The average Bonchev–Trinajstić information content (AvgIpc) is 2.97. The molecule has 2 saturated heterocycles. The Morgan fingerprint density at radius 1 is 1.31 bits per heavy atom. The lowest BCUT2D eigenvalue weighted by Crippen LogP contribution is -2.59. The number of aliphatic hydroxyl groups is 2. The normalized spacial score (nSPS) is 29.5. The Bertz CT molecular complexity index is 808. The summed E-state index contributed by atoms with van der Waals surface area (Å²) in [6, 6.07) is 2.04. The zero-order valence-electron chi connectivity index (χ0n) is 15.8. The maximum Gasteiger partial charge on any atom is 0.159 e. The molecule has 2 aliphatic rings. The summed E-state index contributed by atoms with van der Waals surface area (Å²) in [5.74, 6) is 0. The molecular formula is C19H28N4O3. The Kier molecular flexibility index (Phi) is 4.30. The number of ether oxygens (including phenoxy) is 1. The summed E-state index contributed by atoms with van der Waals surface area (Å²) in [6.45, 7) is 8.59. The molecule has 2 fully saturated rings. The third-order valence-electron chi connectivity index (χ3n) is 5.96. The largest absolute Gasteiger partial charge is 0.388 e. The van der Waals surface area contributed by atoms with Crippen molar-refractivity contribution in [1.29, 1.82) is 0 Å². The highest BCUT2D eigenvalue weighted by Crippen LogP contribution is 2.39. The minimum atomic E-state index is -1.07. The summed E-state index contributed by atoms with van der Waals surface area (Å²) in [5, 5.41) is 24.8. The Labute approximate surface area is 153 Å². The van der Waals surface area contributed by atoms with E-state index in [1.807, 2.05) is 30.6 Å². The molecule has 0 aliphatic carbocycles. The minimum absolute atomic E-state index is 0.212. The van der Waals surface area contributed by atoms with Crippen molar-refractivity contribution in [3.8, 4) is 0 Å². The Morgan fingerprint density at radius 2 is 2.04 bits per heavy atom. The van der Waals surface area contributed by atoms with Crippen LogP contribution in [0.5, 0.6) is 0 Å².